The molecule has 1 amide bonds. The van der Waals surface area contributed by atoms with Gasteiger partial charge in [0.2, 0.25) is 10.0 Å². The predicted octanol–water partition coefficient (Wildman–Crippen LogP) is 5.67. The number of fused-ring (bicyclic) bond motifs is 3. The SMILES string of the molecule is C[C@@H]1[C@@H](C)CCC[C@H]([C@H]2OC[C@H](N(C)C)CO2)[C@@H]2CC[C@H]2CN2CCCCc3cc(Cl)ccc3COc3ccc(nc32)C(=O)NS1(=O)=O. The van der Waals surface area contributed by atoms with Crippen LogP contribution in [0.25, 0.3) is 0 Å². The number of hydrogen-bond donors (Lipinski definition) is 1. The second kappa shape index (κ2) is 15.2. The van der Waals surface area contributed by atoms with Gasteiger partial charge in [-0.05, 0) is 119 Å². The maximum absolute atomic E-state index is 13.4. The lowest BCUT2D eigenvalue weighted by molar-refractivity contribution is -0.240. The number of anilines is 1. The minimum atomic E-state index is -3.94. The van der Waals surface area contributed by atoms with Gasteiger partial charge in [-0.2, -0.15) is 0 Å². The molecule has 264 valence electrons. The first-order valence-electron chi connectivity index (χ1n) is 17.6. The van der Waals surface area contributed by atoms with Crippen LogP contribution in [0, 0.1) is 23.7 Å². The van der Waals surface area contributed by atoms with Gasteiger partial charge in [-0.25, -0.2) is 18.1 Å². The van der Waals surface area contributed by atoms with Gasteiger partial charge < -0.3 is 24.0 Å². The molecule has 2 aromatic rings. The molecule has 2 fully saturated rings. The number of carbonyl (C=O) groups is 1. The number of likely N-dealkylation sites (N-methyl/N-ethyl adjacent to an activating group) is 1. The summed E-state index contributed by atoms with van der Waals surface area (Å²) in [6.07, 6.45) is 7.15. The average molecular weight is 703 g/mol. The second-order valence-corrected chi connectivity index (χ2v) is 17.0. The summed E-state index contributed by atoms with van der Waals surface area (Å²) in [6, 6.07) is 9.45. The van der Waals surface area contributed by atoms with Gasteiger partial charge in [-0.15, -0.1) is 0 Å². The van der Waals surface area contributed by atoms with Crippen LogP contribution in [-0.2, 0) is 32.5 Å². The quantitative estimate of drug-likeness (QED) is 0.423. The highest BCUT2D eigenvalue weighted by atomic mass is 35.5. The molecule has 4 heterocycles. The molecular weight excluding hydrogens is 652 g/mol. The number of amides is 1. The number of ether oxygens (including phenoxy) is 3. The molecule has 10 nitrogen and oxygen atoms in total. The summed E-state index contributed by atoms with van der Waals surface area (Å²) >= 11 is 6.36. The Hall–Kier alpha value is -2.44. The molecule has 1 saturated carbocycles. The zero-order chi connectivity index (χ0) is 34.0. The smallest absolute Gasteiger partial charge is 0.283 e. The van der Waals surface area contributed by atoms with E-state index >= 15 is 0 Å². The first-order valence-corrected chi connectivity index (χ1v) is 19.5. The zero-order valence-electron chi connectivity index (χ0n) is 28.7. The fourth-order valence-electron chi connectivity index (χ4n) is 7.69. The molecule has 5 atom stereocenters. The molecule has 12 heteroatoms. The van der Waals surface area contributed by atoms with E-state index in [1.807, 2.05) is 25.1 Å². The van der Waals surface area contributed by atoms with Crippen molar-refractivity contribution in [1.82, 2.24) is 14.6 Å². The van der Waals surface area contributed by atoms with Gasteiger partial charge in [0.25, 0.3) is 5.91 Å². The van der Waals surface area contributed by atoms with E-state index in [1.165, 1.54) is 5.56 Å². The lowest BCUT2D eigenvalue weighted by Gasteiger charge is -2.48. The van der Waals surface area contributed by atoms with Crippen LogP contribution in [0.4, 0.5) is 5.82 Å². The summed E-state index contributed by atoms with van der Waals surface area (Å²) in [6.45, 7) is 6.72. The van der Waals surface area contributed by atoms with E-state index in [1.54, 1.807) is 19.1 Å². The van der Waals surface area contributed by atoms with E-state index in [9.17, 15) is 13.2 Å². The standard InChI is InChI=1S/C36H51ClN4O6S/c1-23-8-7-10-31(36-46-21-29(22-47-36)40(3)4)30-14-12-26(30)19-41-17-6-5-9-25-18-28(37)13-11-27(25)20-45-33-16-15-32(38-34(33)41)35(42)39-48(43,44)24(23)2/h11,13,15-16,18,23-24,26,29-31,36H,5-10,12,14,17,19-22H2,1-4H3,(H,39,42)/t23-,24+,26-,29-,30+,31-,36-/m0/s1. The summed E-state index contributed by atoms with van der Waals surface area (Å²) in [7, 11) is 0.160. The van der Waals surface area contributed by atoms with Gasteiger partial charge >= 0.3 is 0 Å². The number of rotatable bonds is 2. The molecule has 6 rings (SSSR count). The molecule has 0 unspecified atom stereocenters. The second-order valence-electron chi connectivity index (χ2n) is 14.5. The Morgan fingerprint density at radius 3 is 2.48 bits per heavy atom. The molecule has 1 aromatic carbocycles. The molecule has 1 N–H and O–H groups in total. The van der Waals surface area contributed by atoms with Gasteiger partial charge in [0, 0.05) is 24.0 Å². The number of hydrogen-bond acceptors (Lipinski definition) is 9. The van der Waals surface area contributed by atoms with E-state index < -0.39 is 21.2 Å². The Labute approximate surface area is 290 Å². The lowest BCUT2D eigenvalue weighted by atomic mass is 9.65. The average Bonchev–Trinajstić information content (AvgIpc) is 3.08. The molecule has 1 saturated heterocycles. The fraction of sp³-hybridized carbons (Fsp3) is 0.667. The maximum Gasteiger partial charge on any atom is 0.283 e. The maximum atomic E-state index is 13.4. The molecule has 1 aromatic heterocycles. The third kappa shape index (κ3) is 7.96. The van der Waals surface area contributed by atoms with Crippen LogP contribution in [0.5, 0.6) is 5.75 Å². The summed E-state index contributed by atoms with van der Waals surface area (Å²) in [5.74, 6) is 1.28. The summed E-state index contributed by atoms with van der Waals surface area (Å²) in [5, 5.41) is -0.0413. The molecule has 48 heavy (non-hydrogen) atoms. The largest absolute Gasteiger partial charge is 0.485 e. The molecule has 4 aliphatic rings. The third-order valence-corrected chi connectivity index (χ3v) is 13.4. The van der Waals surface area contributed by atoms with Crippen LogP contribution in [0.3, 0.4) is 0 Å². The topological polar surface area (TPSA) is 110 Å². The highest BCUT2D eigenvalue weighted by Gasteiger charge is 2.44. The number of aromatic nitrogens is 1. The third-order valence-electron chi connectivity index (χ3n) is 11.2. The highest BCUT2D eigenvalue weighted by molar-refractivity contribution is 7.90. The minimum absolute atomic E-state index is 0.0578. The highest BCUT2D eigenvalue weighted by Crippen LogP contribution is 2.46. The van der Waals surface area contributed by atoms with Crippen molar-refractivity contribution >= 4 is 33.3 Å². The number of sulfonamides is 1. The zero-order valence-corrected chi connectivity index (χ0v) is 30.3. The number of pyridine rings is 1. The first kappa shape index (κ1) is 35.4. The summed E-state index contributed by atoms with van der Waals surface area (Å²) < 4.78 is 48.5. The van der Waals surface area contributed by atoms with Crippen LogP contribution in [0.2, 0.25) is 5.02 Å². The molecule has 1 aliphatic carbocycles. The van der Waals surface area contributed by atoms with Crippen molar-refractivity contribution in [2.45, 2.75) is 89.4 Å². The van der Waals surface area contributed by atoms with Crippen molar-refractivity contribution in [3.8, 4) is 5.75 Å². The minimum Gasteiger partial charge on any atom is -0.485 e. The van der Waals surface area contributed by atoms with E-state index in [0.29, 0.717) is 48.2 Å². The van der Waals surface area contributed by atoms with Crippen LogP contribution in [-0.4, -0.2) is 82.2 Å². The number of halogens is 1. The van der Waals surface area contributed by atoms with E-state index in [0.717, 1.165) is 70.0 Å². The van der Waals surface area contributed by atoms with E-state index in [2.05, 4.69) is 28.6 Å². The van der Waals surface area contributed by atoms with Crippen molar-refractivity contribution in [2.24, 2.45) is 23.7 Å². The molecular formula is C36H51ClN4O6S. The lowest BCUT2D eigenvalue weighted by Crippen LogP contribution is -2.50. The van der Waals surface area contributed by atoms with Gasteiger partial charge in [-0.3, -0.25) is 4.79 Å². The number of benzene rings is 1. The predicted molar refractivity (Wildman–Crippen MR) is 187 cm³/mol. The monoisotopic (exact) mass is 702 g/mol. The normalized spacial score (nSPS) is 31.7. The fourth-order valence-corrected chi connectivity index (χ4v) is 9.18. The molecule has 0 radical (unpaired) electrons. The Balaban J connectivity index is 1.35. The first-order chi connectivity index (χ1) is 23.0. The molecule has 2 bridgehead atoms. The van der Waals surface area contributed by atoms with Crippen molar-refractivity contribution in [3.05, 3.63) is 52.2 Å². The Kier molecular flexibility index (Phi) is 11.2. The number of aryl methyl sites for hydroxylation is 1. The van der Waals surface area contributed by atoms with E-state index in [4.69, 9.17) is 30.8 Å². The van der Waals surface area contributed by atoms with Gasteiger partial charge in [0.05, 0.1) is 24.5 Å². The van der Waals surface area contributed by atoms with E-state index in [-0.39, 0.29) is 29.9 Å². The number of nitrogens with one attached hydrogen (secondary N) is 1. The molecule has 3 aliphatic heterocycles. The van der Waals surface area contributed by atoms with Crippen molar-refractivity contribution in [3.63, 3.8) is 0 Å². The summed E-state index contributed by atoms with van der Waals surface area (Å²) in [4.78, 5) is 22.7. The van der Waals surface area contributed by atoms with Crippen LogP contribution < -0.4 is 14.4 Å². The van der Waals surface area contributed by atoms with Gasteiger partial charge in [0.1, 0.15) is 12.3 Å². The number of nitrogens with zero attached hydrogens (tertiary/aromatic N) is 3. The Morgan fingerprint density at radius 2 is 1.75 bits per heavy atom. The number of carbonyl (C=O) groups excluding carboxylic acids is 1. The Bertz CT molecular complexity index is 1550. The Morgan fingerprint density at radius 1 is 0.958 bits per heavy atom. The van der Waals surface area contributed by atoms with Crippen LogP contribution in [0.15, 0.2) is 30.3 Å². The molecule has 0 spiro atoms. The van der Waals surface area contributed by atoms with Crippen LogP contribution >= 0.6 is 11.6 Å². The van der Waals surface area contributed by atoms with Crippen molar-refractivity contribution < 1.29 is 27.4 Å². The van der Waals surface area contributed by atoms with Crippen molar-refractivity contribution in [1.29, 1.82) is 0 Å². The van der Waals surface area contributed by atoms with Gasteiger partial charge in [-0.1, -0.05) is 31.0 Å². The van der Waals surface area contributed by atoms with Gasteiger partial charge in [0.15, 0.2) is 17.9 Å². The van der Waals surface area contributed by atoms with Crippen molar-refractivity contribution in [2.75, 3.05) is 45.3 Å². The van der Waals surface area contributed by atoms with Crippen LogP contribution in [0.1, 0.15) is 80.4 Å². The summed E-state index contributed by atoms with van der Waals surface area (Å²) in [5.41, 5.74) is 2.30.